The van der Waals surface area contributed by atoms with Crippen molar-refractivity contribution in [1.82, 2.24) is 9.88 Å². The molecule has 0 bridgehead atoms. The van der Waals surface area contributed by atoms with Crippen LogP contribution >= 0.6 is 0 Å². The van der Waals surface area contributed by atoms with Crippen LogP contribution in [0.15, 0.2) is 48.7 Å². The highest BCUT2D eigenvalue weighted by atomic mass is 16.4. The Balaban J connectivity index is 0.000000302. The first-order valence-electron chi connectivity index (χ1n) is 9.31. The first kappa shape index (κ1) is 21.6. The van der Waals surface area contributed by atoms with Gasteiger partial charge in [0.2, 0.25) is 0 Å². The van der Waals surface area contributed by atoms with E-state index in [0.717, 1.165) is 32.0 Å². The third-order valence-electron chi connectivity index (χ3n) is 4.92. The van der Waals surface area contributed by atoms with Gasteiger partial charge < -0.3 is 10.2 Å². The molecule has 150 valence electrons. The van der Waals surface area contributed by atoms with E-state index < -0.39 is 11.9 Å². The lowest BCUT2D eigenvalue weighted by Gasteiger charge is -2.19. The molecule has 1 saturated carbocycles. The second kappa shape index (κ2) is 9.46. The van der Waals surface area contributed by atoms with Crippen molar-refractivity contribution in [1.29, 1.82) is 0 Å². The molecule has 2 unspecified atom stereocenters. The van der Waals surface area contributed by atoms with Crippen LogP contribution in [0.1, 0.15) is 32.8 Å². The summed E-state index contributed by atoms with van der Waals surface area (Å²) in [6.45, 7) is 8.26. The van der Waals surface area contributed by atoms with E-state index in [1.165, 1.54) is 30.6 Å². The van der Waals surface area contributed by atoms with Crippen molar-refractivity contribution in [2.24, 2.45) is 11.3 Å². The Kier molecular flexibility index (Phi) is 7.29. The minimum atomic E-state index is -0.833. The molecule has 0 amide bonds. The average molecular weight is 384 g/mol. The van der Waals surface area contributed by atoms with Crippen molar-refractivity contribution in [3.05, 3.63) is 54.2 Å². The Hall–Kier alpha value is -2.73. The lowest BCUT2D eigenvalue weighted by atomic mass is 10.1. The van der Waals surface area contributed by atoms with E-state index >= 15 is 0 Å². The number of hydrogen-bond acceptors (Lipinski definition) is 4. The minimum absolute atomic E-state index is 0.647. The monoisotopic (exact) mass is 384 g/mol. The fourth-order valence-electron chi connectivity index (χ4n) is 3.56. The highest BCUT2D eigenvalue weighted by molar-refractivity contribution is 5.63. The first-order chi connectivity index (χ1) is 13.2. The van der Waals surface area contributed by atoms with Crippen molar-refractivity contribution < 1.29 is 19.8 Å². The van der Waals surface area contributed by atoms with Crippen molar-refractivity contribution in [3.8, 4) is 11.3 Å². The van der Waals surface area contributed by atoms with Gasteiger partial charge in [-0.1, -0.05) is 37.3 Å². The lowest BCUT2D eigenvalue weighted by molar-refractivity contribution is -0.135. The fourth-order valence-corrected chi connectivity index (χ4v) is 3.56. The number of aliphatic carboxylic acids is 2. The van der Waals surface area contributed by atoms with Crippen LogP contribution in [0.5, 0.6) is 0 Å². The van der Waals surface area contributed by atoms with Gasteiger partial charge in [-0.05, 0) is 35.4 Å². The van der Waals surface area contributed by atoms with E-state index in [1.54, 1.807) is 0 Å². The number of aromatic nitrogens is 1. The molecular formula is C22H28N2O4. The van der Waals surface area contributed by atoms with Gasteiger partial charge in [0.15, 0.2) is 0 Å². The highest BCUT2D eigenvalue weighted by Gasteiger charge is 2.55. The number of likely N-dealkylation sites (tertiary alicyclic amines) is 1. The quantitative estimate of drug-likeness (QED) is 0.837. The van der Waals surface area contributed by atoms with E-state index in [0.29, 0.717) is 5.41 Å². The Morgan fingerprint density at radius 1 is 1.11 bits per heavy atom. The smallest absolute Gasteiger partial charge is 0.300 e. The zero-order chi connectivity index (χ0) is 20.7. The standard InChI is InChI=1S/C18H20N2.2C2H4O2/c1-18-10-16(18)12-20(13-18)11-14-5-7-15(8-6-14)17-4-2-3-9-19-17;2*1-2(3)4/h2-9,16H,10-13H2,1H3;2*1H3,(H,3,4). The van der Waals surface area contributed by atoms with E-state index in [-0.39, 0.29) is 0 Å². The average Bonchev–Trinajstić information content (AvgIpc) is 3.13. The maximum atomic E-state index is 9.00. The van der Waals surface area contributed by atoms with Crippen molar-refractivity contribution in [2.75, 3.05) is 13.1 Å². The predicted molar refractivity (Wildman–Crippen MR) is 108 cm³/mol. The minimum Gasteiger partial charge on any atom is -0.481 e. The van der Waals surface area contributed by atoms with E-state index in [1.807, 2.05) is 18.3 Å². The SMILES string of the molecule is CC(=O)O.CC(=O)O.CC12CC1CN(Cc1ccc(-c3ccccn3)cc1)C2. The van der Waals surface area contributed by atoms with Crippen LogP contribution in [0, 0.1) is 11.3 Å². The zero-order valence-electron chi connectivity index (χ0n) is 16.6. The predicted octanol–water partition coefficient (Wildman–Crippen LogP) is 3.77. The van der Waals surface area contributed by atoms with Gasteiger partial charge in [0.25, 0.3) is 11.9 Å². The van der Waals surface area contributed by atoms with Gasteiger partial charge in [0.1, 0.15) is 0 Å². The molecule has 2 aromatic rings. The van der Waals surface area contributed by atoms with Gasteiger partial charge in [-0.15, -0.1) is 0 Å². The molecule has 0 spiro atoms. The number of hydrogen-bond donors (Lipinski definition) is 2. The van der Waals surface area contributed by atoms with Gasteiger partial charge in [-0.2, -0.15) is 0 Å². The maximum Gasteiger partial charge on any atom is 0.300 e. The number of nitrogens with zero attached hydrogens (tertiary/aromatic N) is 2. The molecule has 6 heteroatoms. The van der Waals surface area contributed by atoms with Gasteiger partial charge in [0.05, 0.1) is 5.69 Å². The molecule has 0 radical (unpaired) electrons. The summed E-state index contributed by atoms with van der Waals surface area (Å²) in [5.74, 6) is -0.699. The summed E-state index contributed by atoms with van der Waals surface area (Å²) in [6.07, 6.45) is 3.29. The summed E-state index contributed by atoms with van der Waals surface area (Å²) in [5.41, 5.74) is 4.31. The summed E-state index contributed by atoms with van der Waals surface area (Å²) in [6, 6.07) is 14.9. The van der Waals surface area contributed by atoms with E-state index in [2.05, 4.69) is 47.1 Å². The Morgan fingerprint density at radius 2 is 1.71 bits per heavy atom. The van der Waals surface area contributed by atoms with Crippen LogP contribution in [0.25, 0.3) is 11.3 Å². The Morgan fingerprint density at radius 3 is 2.18 bits per heavy atom. The molecule has 2 fully saturated rings. The molecule has 28 heavy (non-hydrogen) atoms. The molecule has 4 rings (SSSR count). The summed E-state index contributed by atoms with van der Waals surface area (Å²) in [4.78, 5) is 25.0. The number of carboxylic acid groups (broad SMARTS) is 2. The van der Waals surface area contributed by atoms with E-state index in [9.17, 15) is 0 Å². The topological polar surface area (TPSA) is 90.7 Å². The maximum absolute atomic E-state index is 9.00. The third-order valence-corrected chi connectivity index (χ3v) is 4.92. The summed E-state index contributed by atoms with van der Waals surface area (Å²) < 4.78 is 0. The molecule has 1 saturated heterocycles. The summed E-state index contributed by atoms with van der Waals surface area (Å²) in [5, 5.41) is 14.8. The number of rotatable bonds is 3. The van der Waals surface area contributed by atoms with Crippen LogP contribution in [0.3, 0.4) is 0 Å². The molecule has 2 aliphatic rings. The Labute approximate surface area is 165 Å². The molecule has 2 atom stereocenters. The fraction of sp³-hybridized carbons (Fsp3) is 0.409. The molecule has 2 N–H and O–H groups in total. The second-order valence-corrected chi connectivity index (χ2v) is 7.67. The second-order valence-electron chi connectivity index (χ2n) is 7.67. The largest absolute Gasteiger partial charge is 0.481 e. The first-order valence-corrected chi connectivity index (χ1v) is 9.31. The molecule has 2 heterocycles. The third kappa shape index (κ3) is 6.78. The highest BCUT2D eigenvalue weighted by Crippen LogP contribution is 2.57. The van der Waals surface area contributed by atoms with Crippen molar-refractivity contribution >= 4 is 11.9 Å². The molecule has 6 nitrogen and oxygen atoms in total. The number of fused-ring (bicyclic) bond motifs is 1. The summed E-state index contributed by atoms with van der Waals surface area (Å²) >= 11 is 0. The lowest BCUT2D eigenvalue weighted by Crippen LogP contribution is -2.23. The summed E-state index contributed by atoms with van der Waals surface area (Å²) in [7, 11) is 0. The van der Waals surface area contributed by atoms with Crippen LogP contribution in [-0.4, -0.2) is 45.1 Å². The number of carbonyl (C=O) groups is 2. The molecule has 1 aromatic carbocycles. The number of benzene rings is 1. The van der Waals surface area contributed by atoms with Gasteiger partial charge in [0, 0.05) is 45.2 Å². The van der Waals surface area contributed by atoms with Gasteiger partial charge >= 0.3 is 0 Å². The normalized spacial score (nSPS) is 22.0. The van der Waals surface area contributed by atoms with Crippen molar-refractivity contribution in [2.45, 2.75) is 33.7 Å². The van der Waals surface area contributed by atoms with Crippen LogP contribution < -0.4 is 0 Å². The molecule has 1 aliphatic heterocycles. The zero-order valence-corrected chi connectivity index (χ0v) is 16.6. The van der Waals surface area contributed by atoms with Gasteiger partial charge in [-0.25, -0.2) is 0 Å². The number of piperidine rings is 1. The van der Waals surface area contributed by atoms with E-state index in [4.69, 9.17) is 19.8 Å². The van der Waals surface area contributed by atoms with Crippen LogP contribution in [-0.2, 0) is 16.1 Å². The van der Waals surface area contributed by atoms with Crippen LogP contribution in [0.2, 0.25) is 0 Å². The molecule has 1 aromatic heterocycles. The number of pyridine rings is 1. The number of carboxylic acids is 2. The molecule has 1 aliphatic carbocycles. The van der Waals surface area contributed by atoms with Crippen molar-refractivity contribution in [3.63, 3.8) is 0 Å². The Bertz CT molecular complexity index is 772. The molecular weight excluding hydrogens is 356 g/mol. The van der Waals surface area contributed by atoms with Crippen LogP contribution in [0.4, 0.5) is 0 Å². The van der Waals surface area contributed by atoms with Gasteiger partial charge in [-0.3, -0.25) is 19.5 Å².